The molecule has 0 aliphatic rings. The standard InChI is InChI=1S/C17H16F3N3O4/c1-3-22(9-14(25)26)16(27)15-13(24)8-10(2)23(21-15)12-7-5-4-6-11(12)17(18,19)20/h4-8H,3,9H2,1-2H3,(H,25,26). The summed E-state index contributed by atoms with van der Waals surface area (Å²) in [7, 11) is 0. The first-order valence-electron chi connectivity index (χ1n) is 7.85. The third-order valence-electron chi connectivity index (χ3n) is 3.74. The first kappa shape index (κ1) is 20.1. The molecule has 144 valence electrons. The average Bonchev–Trinajstić information content (AvgIpc) is 2.58. The monoisotopic (exact) mass is 383 g/mol. The number of nitrogens with zero attached hydrogens (tertiary/aromatic N) is 3. The number of carbonyl (C=O) groups is 2. The summed E-state index contributed by atoms with van der Waals surface area (Å²) in [4.78, 5) is 36.4. The Balaban J connectivity index is 2.63. The molecule has 2 rings (SSSR count). The van der Waals surface area contributed by atoms with Gasteiger partial charge in [0, 0.05) is 18.3 Å². The van der Waals surface area contributed by atoms with E-state index in [1.54, 1.807) is 0 Å². The molecule has 0 aliphatic heterocycles. The second-order valence-corrected chi connectivity index (χ2v) is 5.64. The molecule has 1 aromatic heterocycles. The van der Waals surface area contributed by atoms with Crippen molar-refractivity contribution >= 4 is 11.9 Å². The van der Waals surface area contributed by atoms with Crippen molar-refractivity contribution in [2.24, 2.45) is 0 Å². The Hall–Kier alpha value is -3.17. The van der Waals surface area contributed by atoms with Crippen LogP contribution in [0.5, 0.6) is 0 Å². The lowest BCUT2D eigenvalue weighted by Gasteiger charge is -2.20. The van der Waals surface area contributed by atoms with Crippen molar-refractivity contribution in [1.82, 2.24) is 14.7 Å². The van der Waals surface area contributed by atoms with Crippen molar-refractivity contribution < 1.29 is 27.9 Å². The molecule has 1 N–H and O–H groups in total. The van der Waals surface area contributed by atoms with Crippen LogP contribution in [0.3, 0.4) is 0 Å². The molecule has 0 saturated carbocycles. The van der Waals surface area contributed by atoms with Gasteiger partial charge in [0.25, 0.3) is 5.91 Å². The third-order valence-corrected chi connectivity index (χ3v) is 3.74. The normalized spacial score (nSPS) is 11.3. The highest BCUT2D eigenvalue weighted by Gasteiger charge is 2.34. The number of rotatable bonds is 5. The molecule has 0 saturated heterocycles. The number of hydrogen-bond acceptors (Lipinski definition) is 4. The van der Waals surface area contributed by atoms with Crippen LogP contribution in [0.15, 0.2) is 35.1 Å². The Morgan fingerprint density at radius 3 is 2.44 bits per heavy atom. The van der Waals surface area contributed by atoms with Gasteiger partial charge in [-0.3, -0.25) is 14.4 Å². The van der Waals surface area contributed by atoms with Crippen molar-refractivity contribution in [2.75, 3.05) is 13.1 Å². The molecular formula is C17H16F3N3O4. The summed E-state index contributed by atoms with van der Waals surface area (Å²) in [6, 6.07) is 5.59. The van der Waals surface area contributed by atoms with Crippen LogP contribution >= 0.6 is 0 Å². The van der Waals surface area contributed by atoms with E-state index in [9.17, 15) is 27.6 Å². The molecule has 0 radical (unpaired) electrons. The maximum Gasteiger partial charge on any atom is 0.418 e. The van der Waals surface area contributed by atoms with E-state index in [-0.39, 0.29) is 17.9 Å². The van der Waals surface area contributed by atoms with E-state index in [2.05, 4.69) is 5.10 Å². The number of halogens is 3. The zero-order valence-electron chi connectivity index (χ0n) is 14.4. The van der Waals surface area contributed by atoms with Crippen molar-refractivity contribution in [3.05, 3.63) is 57.5 Å². The van der Waals surface area contributed by atoms with Gasteiger partial charge in [-0.15, -0.1) is 0 Å². The molecule has 0 spiro atoms. The van der Waals surface area contributed by atoms with E-state index in [4.69, 9.17) is 5.11 Å². The highest BCUT2D eigenvalue weighted by molar-refractivity contribution is 5.93. The molecule has 0 unspecified atom stereocenters. The van der Waals surface area contributed by atoms with E-state index in [0.717, 1.165) is 27.8 Å². The second-order valence-electron chi connectivity index (χ2n) is 5.64. The number of carboxylic acids is 1. The molecule has 0 atom stereocenters. The lowest BCUT2D eigenvalue weighted by atomic mass is 10.1. The van der Waals surface area contributed by atoms with Gasteiger partial charge in [0.1, 0.15) is 6.54 Å². The maximum atomic E-state index is 13.3. The van der Waals surface area contributed by atoms with Crippen LogP contribution in [0.1, 0.15) is 28.7 Å². The number of carbonyl (C=O) groups excluding carboxylic acids is 1. The lowest BCUT2D eigenvalue weighted by Crippen LogP contribution is -2.39. The SMILES string of the molecule is CCN(CC(=O)O)C(=O)c1nn(-c2ccccc2C(F)(F)F)c(C)cc1=O. The molecule has 1 heterocycles. The Morgan fingerprint density at radius 1 is 1.26 bits per heavy atom. The van der Waals surface area contributed by atoms with Gasteiger partial charge in [-0.05, 0) is 26.0 Å². The fourth-order valence-corrected chi connectivity index (χ4v) is 2.48. The van der Waals surface area contributed by atoms with Crippen LogP contribution < -0.4 is 5.43 Å². The lowest BCUT2D eigenvalue weighted by molar-refractivity contribution is -0.138. The Morgan fingerprint density at radius 2 is 1.89 bits per heavy atom. The van der Waals surface area contributed by atoms with Crippen LogP contribution in [-0.4, -0.2) is 44.8 Å². The number of para-hydroxylation sites is 1. The summed E-state index contributed by atoms with van der Waals surface area (Å²) >= 11 is 0. The molecule has 0 aliphatic carbocycles. The first-order valence-corrected chi connectivity index (χ1v) is 7.85. The summed E-state index contributed by atoms with van der Waals surface area (Å²) < 4.78 is 40.7. The Labute approximate surface area is 151 Å². The Bertz CT molecular complexity index is 938. The van der Waals surface area contributed by atoms with Crippen molar-refractivity contribution in [3.8, 4) is 5.69 Å². The van der Waals surface area contributed by atoms with E-state index in [1.807, 2.05) is 0 Å². The van der Waals surface area contributed by atoms with Gasteiger partial charge in [-0.1, -0.05) is 12.1 Å². The van der Waals surface area contributed by atoms with Crippen molar-refractivity contribution in [1.29, 1.82) is 0 Å². The topological polar surface area (TPSA) is 92.5 Å². The van der Waals surface area contributed by atoms with Gasteiger partial charge in [-0.2, -0.15) is 18.3 Å². The molecule has 27 heavy (non-hydrogen) atoms. The first-order chi connectivity index (χ1) is 12.6. The largest absolute Gasteiger partial charge is 0.480 e. The molecule has 2 aromatic rings. The van der Waals surface area contributed by atoms with Gasteiger partial charge in [0.2, 0.25) is 5.43 Å². The highest BCUT2D eigenvalue weighted by Crippen LogP contribution is 2.33. The Kier molecular flexibility index (Phi) is 5.67. The number of benzene rings is 1. The number of aromatic nitrogens is 2. The molecule has 1 amide bonds. The number of carboxylic acid groups (broad SMARTS) is 1. The van der Waals surface area contributed by atoms with Crippen molar-refractivity contribution in [2.45, 2.75) is 20.0 Å². The molecule has 0 bridgehead atoms. The zero-order chi connectivity index (χ0) is 20.4. The summed E-state index contributed by atoms with van der Waals surface area (Å²) in [5, 5.41) is 12.7. The van der Waals surface area contributed by atoms with E-state index in [1.165, 1.54) is 26.0 Å². The van der Waals surface area contributed by atoms with Crippen LogP contribution in [0.4, 0.5) is 13.2 Å². The fourth-order valence-electron chi connectivity index (χ4n) is 2.48. The molecule has 0 fully saturated rings. The van der Waals surface area contributed by atoms with Gasteiger partial charge < -0.3 is 10.0 Å². The van der Waals surface area contributed by atoms with Crippen molar-refractivity contribution in [3.63, 3.8) is 0 Å². The smallest absolute Gasteiger partial charge is 0.418 e. The number of likely N-dealkylation sites (N-methyl/N-ethyl adjacent to an activating group) is 1. The summed E-state index contributed by atoms with van der Waals surface area (Å²) in [5.74, 6) is -2.26. The molecule has 1 aromatic carbocycles. The number of alkyl halides is 3. The van der Waals surface area contributed by atoms with Gasteiger partial charge in [0.05, 0.1) is 11.3 Å². The van der Waals surface area contributed by atoms with Gasteiger partial charge in [0.15, 0.2) is 5.69 Å². The quantitative estimate of drug-likeness (QED) is 0.854. The van der Waals surface area contributed by atoms with Crippen LogP contribution in [0.25, 0.3) is 5.69 Å². The minimum atomic E-state index is -4.67. The molecular weight excluding hydrogens is 367 g/mol. The average molecular weight is 383 g/mol. The van der Waals surface area contributed by atoms with E-state index < -0.39 is 41.3 Å². The van der Waals surface area contributed by atoms with E-state index in [0.29, 0.717) is 0 Å². The van der Waals surface area contributed by atoms with Crippen LogP contribution in [0, 0.1) is 6.92 Å². The molecule has 7 nitrogen and oxygen atoms in total. The van der Waals surface area contributed by atoms with Crippen LogP contribution in [-0.2, 0) is 11.0 Å². The minimum absolute atomic E-state index is 0.0146. The summed E-state index contributed by atoms with van der Waals surface area (Å²) in [6.07, 6.45) is -4.67. The molecule has 10 heteroatoms. The number of hydrogen-bond donors (Lipinski definition) is 1. The zero-order valence-corrected chi connectivity index (χ0v) is 14.4. The highest BCUT2D eigenvalue weighted by atomic mass is 19.4. The maximum absolute atomic E-state index is 13.3. The summed E-state index contributed by atoms with van der Waals surface area (Å²) in [5.41, 5.74) is -2.70. The van der Waals surface area contributed by atoms with E-state index >= 15 is 0 Å². The number of aliphatic carboxylic acids is 1. The third kappa shape index (κ3) is 4.33. The number of aryl methyl sites for hydroxylation is 1. The second kappa shape index (κ2) is 7.60. The van der Waals surface area contributed by atoms with Gasteiger partial charge >= 0.3 is 12.1 Å². The predicted octanol–water partition coefficient (Wildman–Crippen LogP) is 2.11. The number of amides is 1. The fraction of sp³-hybridized carbons (Fsp3) is 0.294. The summed E-state index contributed by atoms with van der Waals surface area (Å²) in [6.45, 7) is 2.21. The predicted molar refractivity (Wildman–Crippen MR) is 88.8 cm³/mol. The van der Waals surface area contributed by atoms with Crippen LogP contribution in [0.2, 0.25) is 0 Å². The van der Waals surface area contributed by atoms with Gasteiger partial charge in [-0.25, -0.2) is 4.68 Å². The minimum Gasteiger partial charge on any atom is -0.480 e.